The van der Waals surface area contributed by atoms with E-state index in [9.17, 15) is 21.4 Å². The number of anilines is 1. The van der Waals surface area contributed by atoms with E-state index in [-0.39, 0.29) is 10.6 Å². The SMILES string of the molecule is COc1ccc(S(=O)O)c(NS(=O)(=O)C(F)F)c1. The molecule has 1 atom stereocenters. The molecule has 0 amide bonds. The summed E-state index contributed by atoms with van der Waals surface area (Å²) in [6.07, 6.45) is 0. The van der Waals surface area contributed by atoms with Crippen molar-refractivity contribution in [1.29, 1.82) is 0 Å². The van der Waals surface area contributed by atoms with Crippen molar-refractivity contribution in [3.63, 3.8) is 0 Å². The molecule has 10 heteroatoms. The van der Waals surface area contributed by atoms with Crippen molar-refractivity contribution in [3.05, 3.63) is 18.2 Å². The summed E-state index contributed by atoms with van der Waals surface area (Å²) in [6.45, 7) is 0. The van der Waals surface area contributed by atoms with E-state index in [2.05, 4.69) is 0 Å². The summed E-state index contributed by atoms with van der Waals surface area (Å²) in [4.78, 5) is -0.347. The Morgan fingerprint density at radius 3 is 2.50 bits per heavy atom. The summed E-state index contributed by atoms with van der Waals surface area (Å²) >= 11 is -2.53. The van der Waals surface area contributed by atoms with Gasteiger partial charge in [-0.05, 0) is 12.1 Å². The second-order valence-corrected chi connectivity index (χ2v) is 5.61. The van der Waals surface area contributed by atoms with Crippen LogP contribution < -0.4 is 9.46 Å². The largest absolute Gasteiger partial charge is 0.497 e. The van der Waals surface area contributed by atoms with Crippen LogP contribution in [0.25, 0.3) is 0 Å². The van der Waals surface area contributed by atoms with Crippen LogP contribution in [0.5, 0.6) is 5.75 Å². The smallest absolute Gasteiger partial charge is 0.355 e. The molecule has 0 aliphatic heterocycles. The Bertz CT molecular complexity index is 561. The molecule has 1 aromatic carbocycles. The normalized spacial score (nSPS) is 13.4. The molecule has 1 aromatic rings. The number of sulfonamides is 1. The van der Waals surface area contributed by atoms with Crippen molar-refractivity contribution in [1.82, 2.24) is 0 Å². The lowest BCUT2D eigenvalue weighted by Gasteiger charge is -2.11. The highest BCUT2D eigenvalue weighted by Crippen LogP contribution is 2.26. The van der Waals surface area contributed by atoms with Gasteiger partial charge in [0.15, 0.2) is 11.1 Å². The molecule has 1 rings (SSSR count). The minimum absolute atomic E-state index is 0.149. The number of benzene rings is 1. The maximum atomic E-state index is 12.2. The van der Waals surface area contributed by atoms with Crippen LogP contribution in [0.15, 0.2) is 23.1 Å². The van der Waals surface area contributed by atoms with Crippen molar-refractivity contribution < 1.29 is 30.7 Å². The summed E-state index contributed by atoms with van der Waals surface area (Å²) in [5, 5.41) is 0. The van der Waals surface area contributed by atoms with Gasteiger partial charge in [0.2, 0.25) is 0 Å². The fourth-order valence-electron chi connectivity index (χ4n) is 1.07. The van der Waals surface area contributed by atoms with E-state index >= 15 is 0 Å². The average molecular weight is 301 g/mol. The van der Waals surface area contributed by atoms with Crippen LogP contribution in [-0.2, 0) is 21.1 Å². The van der Waals surface area contributed by atoms with Gasteiger partial charge in [-0.15, -0.1) is 0 Å². The van der Waals surface area contributed by atoms with Crippen molar-refractivity contribution >= 4 is 26.8 Å². The lowest BCUT2D eigenvalue weighted by molar-refractivity contribution is 0.236. The molecular weight excluding hydrogens is 292 g/mol. The third-order valence-electron chi connectivity index (χ3n) is 1.86. The van der Waals surface area contributed by atoms with E-state index in [0.717, 1.165) is 12.1 Å². The molecule has 0 fully saturated rings. The van der Waals surface area contributed by atoms with Crippen LogP contribution in [0.2, 0.25) is 0 Å². The summed E-state index contributed by atoms with van der Waals surface area (Å²) in [7, 11) is -3.64. The Hall–Kier alpha value is -1.26. The van der Waals surface area contributed by atoms with E-state index in [1.54, 1.807) is 0 Å². The Morgan fingerprint density at radius 1 is 1.44 bits per heavy atom. The topological polar surface area (TPSA) is 92.7 Å². The number of methoxy groups -OCH3 is 1. The molecule has 0 aliphatic carbocycles. The molecule has 0 aliphatic rings. The minimum atomic E-state index is -4.92. The van der Waals surface area contributed by atoms with Crippen molar-refractivity contribution in [2.45, 2.75) is 10.7 Å². The van der Waals surface area contributed by atoms with Crippen LogP contribution in [0.1, 0.15) is 0 Å². The molecule has 0 bridgehead atoms. The monoisotopic (exact) mass is 301 g/mol. The summed E-state index contributed by atoms with van der Waals surface area (Å²) in [5.74, 6) is -3.50. The van der Waals surface area contributed by atoms with Gasteiger partial charge in [0.25, 0.3) is 10.0 Å². The van der Waals surface area contributed by atoms with E-state index in [0.29, 0.717) is 0 Å². The molecule has 2 N–H and O–H groups in total. The first-order valence-corrected chi connectivity index (χ1v) is 7.02. The molecule has 0 spiro atoms. The van der Waals surface area contributed by atoms with E-state index in [4.69, 9.17) is 9.29 Å². The lowest BCUT2D eigenvalue weighted by atomic mass is 10.3. The molecule has 0 heterocycles. The third-order valence-corrected chi connectivity index (χ3v) is 3.57. The van der Waals surface area contributed by atoms with Crippen LogP contribution in [-0.4, -0.2) is 30.0 Å². The zero-order valence-corrected chi connectivity index (χ0v) is 10.6. The number of rotatable bonds is 5. The van der Waals surface area contributed by atoms with Gasteiger partial charge in [-0.2, -0.15) is 8.78 Å². The maximum Gasteiger partial charge on any atom is 0.355 e. The molecule has 102 valence electrons. The summed E-state index contributed by atoms with van der Waals surface area (Å²) in [5.41, 5.74) is -0.435. The van der Waals surface area contributed by atoms with Crippen LogP contribution >= 0.6 is 0 Å². The first-order valence-electron chi connectivity index (χ1n) is 4.36. The number of halogens is 2. The number of hydrogen-bond acceptors (Lipinski definition) is 4. The Labute approximate surface area is 104 Å². The second kappa shape index (κ2) is 5.59. The fraction of sp³-hybridized carbons (Fsp3) is 0.250. The highest BCUT2D eigenvalue weighted by molar-refractivity contribution is 7.93. The number of ether oxygens (including phenoxy) is 1. The van der Waals surface area contributed by atoms with Gasteiger partial charge in [-0.25, -0.2) is 12.6 Å². The van der Waals surface area contributed by atoms with E-state index in [1.807, 2.05) is 0 Å². The molecule has 0 saturated carbocycles. The fourth-order valence-corrected chi connectivity index (χ4v) is 2.18. The molecule has 18 heavy (non-hydrogen) atoms. The quantitative estimate of drug-likeness (QED) is 0.798. The molecule has 0 aromatic heterocycles. The first kappa shape index (κ1) is 14.8. The average Bonchev–Trinajstić information content (AvgIpc) is 2.27. The standard InChI is InChI=1S/C8H9F2NO5S2/c1-16-5-2-3-7(17(12)13)6(4-5)11-18(14,15)8(9)10/h2-4,8,11H,1H3,(H,12,13). The molecular formula is C8H9F2NO5S2. The van der Waals surface area contributed by atoms with Crippen molar-refractivity contribution in [3.8, 4) is 5.75 Å². The van der Waals surface area contributed by atoms with Gasteiger partial charge in [-0.3, -0.25) is 4.72 Å². The van der Waals surface area contributed by atoms with Crippen LogP contribution in [0.4, 0.5) is 14.5 Å². The number of alkyl halides is 2. The molecule has 0 radical (unpaired) electrons. The van der Waals surface area contributed by atoms with Gasteiger partial charge in [0.1, 0.15) is 5.75 Å². The highest BCUT2D eigenvalue weighted by atomic mass is 32.2. The Morgan fingerprint density at radius 2 is 2.06 bits per heavy atom. The predicted octanol–water partition coefficient (Wildman–Crippen LogP) is 1.24. The number of nitrogens with one attached hydrogen (secondary N) is 1. The minimum Gasteiger partial charge on any atom is -0.497 e. The molecule has 6 nitrogen and oxygen atoms in total. The zero-order chi connectivity index (χ0) is 13.9. The van der Waals surface area contributed by atoms with Gasteiger partial charge >= 0.3 is 5.76 Å². The highest BCUT2D eigenvalue weighted by Gasteiger charge is 2.25. The molecule has 1 unspecified atom stereocenters. The Balaban J connectivity index is 3.25. The molecule has 0 saturated heterocycles. The van der Waals surface area contributed by atoms with Gasteiger partial charge in [0.05, 0.1) is 17.7 Å². The van der Waals surface area contributed by atoms with Crippen LogP contribution in [0, 0.1) is 0 Å². The van der Waals surface area contributed by atoms with Crippen molar-refractivity contribution in [2.75, 3.05) is 11.8 Å². The third kappa shape index (κ3) is 3.37. The van der Waals surface area contributed by atoms with Crippen LogP contribution in [0.3, 0.4) is 0 Å². The number of hydrogen-bond donors (Lipinski definition) is 2. The maximum absolute atomic E-state index is 12.2. The van der Waals surface area contributed by atoms with Crippen molar-refractivity contribution in [2.24, 2.45) is 0 Å². The summed E-state index contributed by atoms with van der Waals surface area (Å²) in [6, 6.07) is 3.42. The lowest BCUT2D eigenvalue weighted by Crippen LogP contribution is -2.21. The van der Waals surface area contributed by atoms with E-state index < -0.39 is 32.5 Å². The first-order chi connectivity index (χ1) is 8.27. The zero-order valence-electron chi connectivity index (χ0n) is 8.96. The Kier molecular flexibility index (Phi) is 4.59. The van der Waals surface area contributed by atoms with E-state index in [1.165, 1.54) is 17.9 Å². The van der Waals surface area contributed by atoms with Gasteiger partial charge in [-0.1, -0.05) is 0 Å². The summed E-state index contributed by atoms with van der Waals surface area (Å²) < 4.78 is 72.5. The van der Waals surface area contributed by atoms with Gasteiger partial charge < -0.3 is 9.29 Å². The predicted molar refractivity (Wildman–Crippen MR) is 60.6 cm³/mol. The van der Waals surface area contributed by atoms with Gasteiger partial charge in [0, 0.05) is 6.07 Å². The second-order valence-electron chi connectivity index (χ2n) is 3.02.